The quantitative estimate of drug-likeness (QED) is 0.709. The Morgan fingerprint density at radius 2 is 2.33 bits per heavy atom. The van der Waals surface area contributed by atoms with E-state index in [-0.39, 0.29) is 11.6 Å². The summed E-state index contributed by atoms with van der Waals surface area (Å²) in [5.41, 5.74) is 1.98. The second-order valence-electron chi connectivity index (χ2n) is 4.42. The minimum atomic E-state index is 0.0645. The van der Waals surface area contributed by atoms with Gasteiger partial charge in [0, 0.05) is 24.9 Å². The molecule has 1 saturated heterocycles. The Kier molecular flexibility index (Phi) is 1.92. The highest BCUT2D eigenvalue weighted by atomic mass is 16.1. The van der Waals surface area contributed by atoms with Crippen molar-refractivity contribution in [3.63, 3.8) is 0 Å². The van der Waals surface area contributed by atoms with Gasteiger partial charge in [-0.1, -0.05) is 6.92 Å². The Morgan fingerprint density at radius 3 is 3.13 bits per heavy atom. The topological polar surface area (TPSA) is 57.8 Å². The number of aryl methyl sites for hydroxylation is 1. The normalized spacial score (nSPS) is 27.8. The lowest BCUT2D eigenvalue weighted by Gasteiger charge is -2.22. The molecule has 0 spiro atoms. The Bertz CT molecular complexity index is 452. The molecule has 4 nitrogen and oxygen atoms in total. The van der Waals surface area contributed by atoms with Gasteiger partial charge in [-0.2, -0.15) is 0 Å². The minimum Gasteiger partial charge on any atom is -0.310 e. The molecule has 1 aromatic rings. The van der Waals surface area contributed by atoms with E-state index >= 15 is 0 Å². The molecule has 0 aromatic carbocycles. The Hall–Kier alpha value is -1.16. The van der Waals surface area contributed by atoms with Crippen molar-refractivity contribution in [2.24, 2.45) is 0 Å². The third-order valence-electron chi connectivity index (χ3n) is 3.45. The number of nitrogens with one attached hydrogen (secondary N) is 2. The highest BCUT2D eigenvalue weighted by molar-refractivity contribution is 5.28. The lowest BCUT2D eigenvalue weighted by Crippen LogP contribution is -2.37. The number of aromatic amines is 1. The van der Waals surface area contributed by atoms with Gasteiger partial charge >= 0.3 is 0 Å². The van der Waals surface area contributed by atoms with Crippen molar-refractivity contribution in [3.05, 3.63) is 27.4 Å². The summed E-state index contributed by atoms with van der Waals surface area (Å²) in [6.07, 6.45) is 3.96. The molecule has 2 atom stereocenters. The maximum atomic E-state index is 11.9. The molecule has 80 valence electrons. The van der Waals surface area contributed by atoms with Gasteiger partial charge in [0.15, 0.2) is 0 Å². The summed E-state index contributed by atoms with van der Waals surface area (Å²) in [7, 11) is 0. The van der Waals surface area contributed by atoms with E-state index < -0.39 is 0 Å². The van der Waals surface area contributed by atoms with E-state index in [2.05, 4.69) is 15.3 Å². The first-order chi connectivity index (χ1) is 7.28. The van der Waals surface area contributed by atoms with E-state index in [1.165, 1.54) is 6.42 Å². The van der Waals surface area contributed by atoms with Crippen LogP contribution in [0.4, 0.5) is 0 Å². The number of hydrogen-bond donors (Lipinski definition) is 2. The molecule has 2 N–H and O–H groups in total. The number of nitrogens with zero attached hydrogens (tertiary/aromatic N) is 1. The van der Waals surface area contributed by atoms with Crippen LogP contribution in [0.1, 0.15) is 42.9 Å². The van der Waals surface area contributed by atoms with Gasteiger partial charge in [-0.3, -0.25) is 4.79 Å². The zero-order valence-electron chi connectivity index (χ0n) is 8.84. The van der Waals surface area contributed by atoms with E-state index in [4.69, 9.17) is 0 Å². The highest BCUT2D eigenvalue weighted by Gasteiger charge is 2.34. The molecule has 1 aromatic heterocycles. The van der Waals surface area contributed by atoms with Crippen LogP contribution in [0.2, 0.25) is 0 Å². The van der Waals surface area contributed by atoms with Crippen LogP contribution in [0.3, 0.4) is 0 Å². The van der Waals surface area contributed by atoms with Gasteiger partial charge < -0.3 is 10.3 Å². The Morgan fingerprint density at radius 1 is 1.47 bits per heavy atom. The summed E-state index contributed by atoms with van der Waals surface area (Å²) < 4.78 is 0. The van der Waals surface area contributed by atoms with Crippen LogP contribution in [-0.4, -0.2) is 16.0 Å². The van der Waals surface area contributed by atoms with Crippen molar-refractivity contribution in [2.75, 3.05) is 0 Å². The lowest BCUT2D eigenvalue weighted by molar-refractivity contribution is 0.498. The highest BCUT2D eigenvalue weighted by Crippen LogP contribution is 2.32. The van der Waals surface area contributed by atoms with Crippen LogP contribution in [0.15, 0.2) is 4.79 Å². The summed E-state index contributed by atoms with van der Waals surface area (Å²) in [5.74, 6) is 0.819. The largest absolute Gasteiger partial charge is 0.310 e. The predicted molar refractivity (Wildman–Crippen MR) is 56.8 cm³/mol. The molecule has 1 fully saturated rings. The molecule has 0 aliphatic carbocycles. The van der Waals surface area contributed by atoms with Gasteiger partial charge in [0.05, 0.1) is 11.3 Å². The first-order valence-corrected chi connectivity index (χ1v) is 5.66. The first-order valence-electron chi connectivity index (χ1n) is 5.66. The average Bonchev–Trinajstić information content (AvgIpc) is 2.59. The van der Waals surface area contributed by atoms with Crippen LogP contribution in [-0.2, 0) is 12.8 Å². The van der Waals surface area contributed by atoms with Crippen molar-refractivity contribution in [1.29, 1.82) is 0 Å². The van der Waals surface area contributed by atoms with Crippen molar-refractivity contribution in [3.8, 4) is 0 Å². The van der Waals surface area contributed by atoms with Crippen LogP contribution in [0.25, 0.3) is 0 Å². The van der Waals surface area contributed by atoms with Gasteiger partial charge in [0.2, 0.25) is 0 Å². The summed E-state index contributed by atoms with van der Waals surface area (Å²) in [6.45, 7) is 2.01. The molecule has 2 bridgehead atoms. The Balaban J connectivity index is 2.17. The van der Waals surface area contributed by atoms with E-state index in [0.717, 1.165) is 36.3 Å². The molecule has 0 saturated carbocycles. The van der Waals surface area contributed by atoms with Crippen molar-refractivity contribution >= 4 is 0 Å². The van der Waals surface area contributed by atoms with E-state index in [1.54, 1.807) is 0 Å². The molecule has 3 heterocycles. The summed E-state index contributed by atoms with van der Waals surface area (Å²) in [4.78, 5) is 19.3. The van der Waals surface area contributed by atoms with Crippen LogP contribution in [0.5, 0.6) is 0 Å². The molecule has 0 amide bonds. The molecule has 0 radical (unpaired) electrons. The Labute approximate surface area is 88.1 Å². The number of aromatic nitrogens is 2. The van der Waals surface area contributed by atoms with Crippen LogP contribution >= 0.6 is 0 Å². The van der Waals surface area contributed by atoms with E-state index in [9.17, 15) is 4.79 Å². The van der Waals surface area contributed by atoms with Crippen LogP contribution in [0, 0.1) is 0 Å². The first kappa shape index (κ1) is 9.09. The fourth-order valence-corrected chi connectivity index (χ4v) is 2.70. The molecule has 15 heavy (non-hydrogen) atoms. The molecule has 3 rings (SSSR count). The lowest BCUT2D eigenvalue weighted by atomic mass is 10.0. The van der Waals surface area contributed by atoms with Gasteiger partial charge in [-0.25, -0.2) is 4.98 Å². The van der Waals surface area contributed by atoms with Gasteiger partial charge in [-0.15, -0.1) is 0 Å². The van der Waals surface area contributed by atoms with Gasteiger partial charge in [0.1, 0.15) is 5.82 Å². The number of hydrogen-bond acceptors (Lipinski definition) is 3. The number of fused-ring (bicyclic) bond motifs is 4. The van der Waals surface area contributed by atoms with Gasteiger partial charge in [-0.05, 0) is 12.8 Å². The zero-order chi connectivity index (χ0) is 10.4. The smallest absolute Gasteiger partial charge is 0.255 e. The standard InChI is InChI=1S/C11H15N3O/c1-2-9-13-8-5-6-3-4-7(12-6)10(8)11(15)14-9/h6-7,12H,2-5H2,1H3,(H,13,14,15). The number of rotatable bonds is 1. The molecule has 4 heteroatoms. The maximum absolute atomic E-state index is 11.9. The molecular weight excluding hydrogens is 190 g/mol. The zero-order valence-corrected chi connectivity index (χ0v) is 8.84. The van der Waals surface area contributed by atoms with Crippen molar-refractivity contribution < 1.29 is 0 Å². The summed E-state index contributed by atoms with van der Waals surface area (Å²) in [5, 5.41) is 3.46. The minimum absolute atomic E-state index is 0.0645. The molecule has 2 aliphatic rings. The van der Waals surface area contributed by atoms with Crippen molar-refractivity contribution in [1.82, 2.24) is 15.3 Å². The summed E-state index contributed by atoms with van der Waals surface area (Å²) in [6, 6.07) is 0.794. The fraction of sp³-hybridized carbons (Fsp3) is 0.636. The van der Waals surface area contributed by atoms with E-state index in [0.29, 0.717) is 6.04 Å². The molecular formula is C11H15N3O. The maximum Gasteiger partial charge on any atom is 0.255 e. The van der Waals surface area contributed by atoms with Crippen molar-refractivity contribution in [2.45, 2.75) is 44.7 Å². The second kappa shape index (κ2) is 3.17. The predicted octanol–water partition coefficient (Wildman–Crippen LogP) is 0.681. The van der Waals surface area contributed by atoms with E-state index in [1.807, 2.05) is 6.92 Å². The SMILES string of the molecule is CCc1nc2c(c(=O)[nH]1)C1CCC(C2)N1. The van der Waals surface area contributed by atoms with Crippen LogP contribution < -0.4 is 10.9 Å². The third kappa shape index (κ3) is 1.32. The monoisotopic (exact) mass is 205 g/mol. The molecule has 2 unspecified atom stereocenters. The number of H-pyrrole nitrogens is 1. The average molecular weight is 205 g/mol. The summed E-state index contributed by atoms with van der Waals surface area (Å²) >= 11 is 0. The fourth-order valence-electron chi connectivity index (χ4n) is 2.70. The van der Waals surface area contributed by atoms with Gasteiger partial charge in [0.25, 0.3) is 5.56 Å². The molecule has 2 aliphatic heterocycles. The third-order valence-corrected chi connectivity index (χ3v) is 3.45. The second-order valence-corrected chi connectivity index (χ2v) is 4.42.